The van der Waals surface area contributed by atoms with Gasteiger partial charge in [-0.1, -0.05) is 23.2 Å². The predicted molar refractivity (Wildman–Crippen MR) is 72.2 cm³/mol. The summed E-state index contributed by atoms with van der Waals surface area (Å²) < 4.78 is 0. The van der Waals surface area contributed by atoms with Gasteiger partial charge in [-0.05, 0) is 12.1 Å². The van der Waals surface area contributed by atoms with E-state index in [4.69, 9.17) is 23.2 Å². The van der Waals surface area contributed by atoms with Crippen molar-refractivity contribution in [1.82, 2.24) is 9.88 Å². The molecule has 0 unspecified atom stereocenters. The van der Waals surface area contributed by atoms with Crippen LogP contribution in [0.15, 0.2) is 12.1 Å². The van der Waals surface area contributed by atoms with E-state index in [2.05, 4.69) is 10.3 Å². The first-order valence-electron chi connectivity index (χ1n) is 5.12. The largest absolute Gasteiger partial charge is 0.323 e. The van der Waals surface area contributed by atoms with Gasteiger partial charge in [0.25, 0.3) is 0 Å². The Balaban J connectivity index is 2.01. The Labute approximate surface area is 114 Å². The van der Waals surface area contributed by atoms with Gasteiger partial charge in [-0.15, -0.1) is 0 Å². The molecule has 0 bridgehead atoms. The lowest BCUT2D eigenvalue weighted by molar-refractivity contribution is 0.217. The second-order valence-electron chi connectivity index (χ2n) is 3.53. The molecule has 92 valence electrons. The van der Waals surface area contributed by atoms with E-state index in [9.17, 15) is 4.79 Å². The first kappa shape index (κ1) is 12.8. The average molecular weight is 292 g/mol. The zero-order chi connectivity index (χ0) is 12.3. The van der Waals surface area contributed by atoms with E-state index < -0.39 is 0 Å². The van der Waals surface area contributed by atoms with Gasteiger partial charge >= 0.3 is 6.03 Å². The number of carbonyl (C=O) groups excluding carboxylic acids is 1. The van der Waals surface area contributed by atoms with Crippen LogP contribution in [0.5, 0.6) is 0 Å². The zero-order valence-electron chi connectivity index (χ0n) is 8.95. The lowest BCUT2D eigenvalue weighted by atomic mass is 10.4. The number of pyridine rings is 1. The van der Waals surface area contributed by atoms with Crippen LogP contribution >= 0.6 is 35.0 Å². The van der Waals surface area contributed by atoms with Gasteiger partial charge in [-0.25, -0.2) is 9.78 Å². The molecule has 17 heavy (non-hydrogen) atoms. The number of rotatable bonds is 1. The molecule has 0 radical (unpaired) electrons. The molecule has 1 aliphatic rings. The van der Waals surface area contributed by atoms with Crippen LogP contribution < -0.4 is 5.32 Å². The van der Waals surface area contributed by atoms with Crippen molar-refractivity contribution >= 4 is 46.7 Å². The van der Waals surface area contributed by atoms with Crippen LogP contribution in [-0.2, 0) is 0 Å². The van der Waals surface area contributed by atoms with Gasteiger partial charge in [0.2, 0.25) is 0 Å². The molecule has 4 nitrogen and oxygen atoms in total. The molecular weight excluding hydrogens is 281 g/mol. The van der Waals surface area contributed by atoms with Gasteiger partial charge in [-0.3, -0.25) is 0 Å². The van der Waals surface area contributed by atoms with Crippen LogP contribution in [0.4, 0.5) is 10.5 Å². The highest BCUT2D eigenvalue weighted by molar-refractivity contribution is 7.99. The number of hydrogen-bond donors (Lipinski definition) is 1. The number of thioether (sulfide) groups is 1. The van der Waals surface area contributed by atoms with Crippen LogP contribution in [0.2, 0.25) is 10.3 Å². The van der Waals surface area contributed by atoms with Gasteiger partial charge in [0.1, 0.15) is 10.3 Å². The molecule has 2 rings (SSSR count). The number of amides is 2. The quantitative estimate of drug-likeness (QED) is 0.809. The first-order chi connectivity index (χ1) is 8.15. The fourth-order valence-corrected chi connectivity index (χ4v) is 2.87. The van der Waals surface area contributed by atoms with Crippen molar-refractivity contribution in [2.75, 3.05) is 29.9 Å². The third-order valence-corrected chi connectivity index (χ3v) is 3.64. The van der Waals surface area contributed by atoms with Gasteiger partial charge in [0.15, 0.2) is 0 Å². The summed E-state index contributed by atoms with van der Waals surface area (Å²) >= 11 is 13.4. The van der Waals surface area contributed by atoms with E-state index >= 15 is 0 Å². The van der Waals surface area contributed by atoms with E-state index in [0.29, 0.717) is 5.69 Å². The summed E-state index contributed by atoms with van der Waals surface area (Å²) in [5, 5.41) is 3.29. The fourth-order valence-electron chi connectivity index (χ4n) is 1.51. The normalized spacial score (nSPS) is 15.8. The molecular formula is C10H11Cl2N3OS. The summed E-state index contributed by atoms with van der Waals surface area (Å²) in [6, 6.07) is 3.03. The third-order valence-electron chi connectivity index (χ3n) is 2.31. The van der Waals surface area contributed by atoms with E-state index in [-0.39, 0.29) is 16.3 Å². The van der Waals surface area contributed by atoms with Gasteiger partial charge in [0, 0.05) is 30.3 Å². The standard InChI is InChI=1S/C10H11Cl2N3OS/c11-8-5-7(6-9(12)14-8)13-10(16)15-1-3-17-4-2-15/h5-6H,1-4H2,(H,13,14,16). The molecule has 0 spiro atoms. The second-order valence-corrected chi connectivity index (χ2v) is 5.53. The topological polar surface area (TPSA) is 45.2 Å². The highest BCUT2D eigenvalue weighted by Gasteiger charge is 2.16. The maximum atomic E-state index is 11.9. The molecule has 1 aliphatic heterocycles. The molecule has 0 atom stereocenters. The van der Waals surface area contributed by atoms with Gasteiger partial charge in [0.05, 0.1) is 0 Å². The lowest BCUT2D eigenvalue weighted by Crippen LogP contribution is -2.40. The summed E-state index contributed by atoms with van der Waals surface area (Å²) in [6.45, 7) is 1.53. The number of carbonyl (C=O) groups is 1. The third kappa shape index (κ3) is 3.66. The summed E-state index contributed by atoms with van der Waals surface area (Å²) in [5.74, 6) is 1.95. The molecule has 1 aromatic rings. The first-order valence-corrected chi connectivity index (χ1v) is 7.03. The highest BCUT2D eigenvalue weighted by Crippen LogP contribution is 2.19. The minimum absolute atomic E-state index is 0.122. The molecule has 0 saturated carbocycles. The monoisotopic (exact) mass is 291 g/mol. The SMILES string of the molecule is O=C(Nc1cc(Cl)nc(Cl)c1)N1CCSCC1. The molecule has 1 aromatic heterocycles. The van der Waals surface area contributed by atoms with Crippen LogP contribution in [0, 0.1) is 0 Å². The summed E-state index contributed by atoms with van der Waals surface area (Å²) in [7, 11) is 0. The maximum Gasteiger partial charge on any atom is 0.321 e. The second kappa shape index (κ2) is 5.80. The Kier molecular flexibility index (Phi) is 4.36. The lowest BCUT2D eigenvalue weighted by Gasteiger charge is -2.26. The summed E-state index contributed by atoms with van der Waals surface area (Å²) in [4.78, 5) is 17.5. The molecule has 1 N–H and O–H groups in total. The number of hydrogen-bond acceptors (Lipinski definition) is 3. The maximum absolute atomic E-state index is 11.9. The Bertz CT molecular complexity index is 404. The zero-order valence-corrected chi connectivity index (χ0v) is 11.3. The number of urea groups is 1. The fraction of sp³-hybridized carbons (Fsp3) is 0.400. The van der Waals surface area contributed by atoms with Crippen LogP contribution in [-0.4, -0.2) is 40.5 Å². The number of nitrogens with one attached hydrogen (secondary N) is 1. The number of anilines is 1. The smallest absolute Gasteiger partial charge is 0.321 e. The Morgan fingerprint density at radius 2 is 1.88 bits per heavy atom. The molecule has 1 saturated heterocycles. The predicted octanol–water partition coefficient (Wildman–Crippen LogP) is 2.97. The van der Waals surface area contributed by atoms with Crippen molar-refractivity contribution < 1.29 is 4.79 Å². The van der Waals surface area contributed by atoms with Crippen molar-refractivity contribution in [2.24, 2.45) is 0 Å². The van der Waals surface area contributed by atoms with Crippen LogP contribution in [0.25, 0.3) is 0 Å². The number of halogens is 2. The highest BCUT2D eigenvalue weighted by atomic mass is 35.5. The Hall–Kier alpha value is -0.650. The molecule has 2 heterocycles. The van der Waals surface area contributed by atoms with E-state index in [1.807, 2.05) is 11.8 Å². The molecule has 7 heteroatoms. The van der Waals surface area contributed by atoms with E-state index in [0.717, 1.165) is 24.6 Å². The molecule has 0 aromatic carbocycles. The Morgan fingerprint density at radius 1 is 1.29 bits per heavy atom. The van der Waals surface area contributed by atoms with Crippen LogP contribution in [0.1, 0.15) is 0 Å². The van der Waals surface area contributed by atoms with Crippen molar-refractivity contribution in [2.45, 2.75) is 0 Å². The van der Waals surface area contributed by atoms with Gasteiger partial charge in [-0.2, -0.15) is 11.8 Å². The van der Waals surface area contributed by atoms with E-state index in [1.165, 1.54) is 0 Å². The molecule has 0 aliphatic carbocycles. The summed E-state index contributed by atoms with van der Waals surface area (Å²) in [5.41, 5.74) is 0.568. The summed E-state index contributed by atoms with van der Waals surface area (Å²) in [6.07, 6.45) is 0. The molecule has 2 amide bonds. The van der Waals surface area contributed by atoms with Crippen molar-refractivity contribution in [3.63, 3.8) is 0 Å². The van der Waals surface area contributed by atoms with Crippen molar-refractivity contribution in [3.05, 3.63) is 22.4 Å². The van der Waals surface area contributed by atoms with E-state index in [1.54, 1.807) is 17.0 Å². The minimum Gasteiger partial charge on any atom is -0.323 e. The number of aromatic nitrogens is 1. The van der Waals surface area contributed by atoms with Crippen molar-refractivity contribution in [3.8, 4) is 0 Å². The van der Waals surface area contributed by atoms with Crippen molar-refractivity contribution in [1.29, 1.82) is 0 Å². The Morgan fingerprint density at radius 3 is 2.47 bits per heavy atom. The van der Waals surface area contributed by atoms with Crippen LogP contribution in [0.3, 0.4) is 0 Å². The number of nitrogens with zero attached hydrogens (tertiary/aromatic N) is 2. The minimum atomic E-state index is -0.122. The van der Waals surface area contributed by atoms with Gasteiger partial charge < -0.3 is 10.2 Å². The average Bonchev–Trinajstić information content (AvgIpc) is 2.28. The molecule has 1 fully saturated rings.